The minimum atomic E-state index is -3.54. The topological polar surface area (TPSA) is 92.3 Å². The Morgan fingerprint density at radius 1 is 1.08 bits per heavy atom. The number of rotatable bonds is 4. The summed E-state index contributed by atoms with van der Waals surface area (Å²) in [6, 6.07) is 9.10. The van der Waals surface area contributed by atoms with Crippen LogP contribution in [0.2, 0.25) is 0 Å². The molecule has 1 aromatic carbocycles. The first-order valence-electron chi connectivity index (χ1n) is 6.83. The number of nitrogens with one attached hydrogen (secondary N) is 2. The van der Waals surface area contributed by atoms with Crippen LogP contribution in [0.3, 0.4) is 0 Å². The van der Waals surface area contributed by atoms with E-state index in [1.165, 1.54) is 19.1 Å². The van der Waals surface area contributed by atoms with E-state index in [1.807, 2.05) is 0 Å². The number of thiophene rings is 1. The number of sulfone groups is 1. The predicted octanol–water partition coefficient (Wildman–Crippen LogP) is 1.75. The number of carbonyl (C=O) groups excluding carboxylic acids is 2. The van der Waals surface area contributed by atoms with Crippen molar-refractivity contribution in [2.75, 3.05) is 6.26 Å². The van der Waals surface area contributed by atoms with Crippen molar-refractivity contribution in [2.45, 2.75) is 12.2 Å². The van der Waals surface area contributed by atoms with E-state index in [0.29, 0.717) is 4.88 Å². The molecule has 0 aliphatic rings. The molecule has 0 radical (unpaired) electrons. The Morgan fingerprint density at radius 3 is 2.29 bits per heavy atom. The van der Waals surface area contributed by atoms with Gasteiger partial charge in [-0.2, -0.15) is 0 Å². The quantitative estimate of drug-likeness (QED) is 0.802. The second-order valence-electron chi connectivity index (χ2n) is 5.09. The minimum absolute atomic E-state index is 0.321. The molecule has 1 atom stereocenters. The van der Waals surface area contributed by atoms with Gasteiger partial charge in [0, 0.05) is 11.1 Å². The number of hydrogen-bond donors (Lipinski definition) is 2. The lowest BCUT2D eigenvalue weighted by molar-refractivity contribution is -0.121. The van der Waals surface area contributed by atoms with Gasteiger partial charge < -0.3 is 0 Å². The van der Waals surface area contributed by atoms with E-state index < -0.39 is 26.9 Å². The molecule has 6 nitrogen and oxygen atoms in total. The molecule has 2 N–H and O–H groups in total. The van der Waals surface area contributed by atoms with Gasteiger partial charge in [-0.15, -0.1) is 11.3 Å². The average molecular weight is 370 g/mol. The fraction of sp³-hybridized carbons (Fsp3) is 0.200. The molecule has 0 saturated carbocycles. The van der Waals surface area contributed by atoms with E-state index in [1.54, 1.807) is 24.3 Å². The standard InChI is InChI=1S/C15H15FN2O4S2/c1-9(24(2,21)22)14(19)17-18-15(20)13-8-7-12(23-13)10-3-5-11(16)6-4-10/h3-9H,1-2H3,(H,17,19)(H,18,20)/t9-/m1/s1. The molecule has 0 bridgehead atoms. The minimum Gasteiger partial charge on any atom is -0.272 e. The van der Waals surface area contributed by atoms with Crippen molar-refractivity contribution in [1.29, 1.82) is 0 Å². The van der Waals surface area contributed by atoms with Crippen molar-refractivity contribution in [3.63, 3.8) is 0 Å². The molecular formula is C15H15FN2O4S2. The van der Waals surface area contributed by atoms with E-state index >= 15 is 0 Å². The van der Waals surface area contributed by atoms with Crippen LogP contribution in [0.15, 0.2) is 36.4 Å². The molecule has 1 aromatic heterocycles. The van der Waals surface area contributed by atoms with E-state index in [4.69, 9.17) is 0 Å². The monoisotopic (exact) mass is 370 g/mol. The Balaban J connectivity index is 2.01. The molecule has 2 amide bonds. The zero-order chi connectivity index (χ0) is 17.9. The van der Waals surface area contributed by atoms with Crippen LogP contribution < -0.4 is 10.9 Å². The van der Waals surface area contributed by atoms with Crippen molar-refractivity contribution in [1.82, 2.24) is 10.9 Å². The molecule has 9 heteroatoms. The van der Waals surface area contributed by atoms with Crippen LogP contribution in [-0.4, -0.2) is 31.7 Å². The van der Waals surface area contributed by atoms with Gasteiger partial charge in [-0.25, -0.2) is 12.8 Å². The van der Waals surface area contributed by atoms with Gasteiger partial charge >= 0.3 is 0 Å². The van der Waals surface area contributed by atoms with Crippen LogP contribution in [0.1, 0.15) is 16.6 Å². The van der Waals surface area contributed by atoms with Crippen molar-refractivity contribution >= 4 is 33.0 Å². The largest absolute Gasteiger partial charge is 0.279 e. The van der Waals surface area contributed by atoms with E-state index in [2.05, 4.69) is 10.9 Å². The van der Waals surface area contributed by atoms with Gasteiger partial charge in [0.25, 0.3) is 11.8 Å². The number of amides is 2. The van der Waals surface area contributed by atoms with E-state index in [-0.39, 0.29) is 5.82 Å². The molecule has 0 aliphatic carbocycles. The van der Waals surface area contributed by atoms with Gasteiger partial charge in [-0.05, 0) is 36.8 Å². The lowest BCUT2D eigenvalue weighted by Gasteiger charge is -2.10. The van der Waals surface area contributed by atoms with Gasteiger partial charge in [0.1, 0.15) is 11.1 Å². The zero-order valence-corrected chi connectivity index (χ0v) is 14.5. The van der Waals surface area contributed by atoms with Gasteiger partial charge in [0.15, 0.2) is 9.84 Å². The first-order chi connectivity index (χ1) is 11.2. The molecule has 0 saturated heterocycles. The molecule has 2 aromatic rings. The Kier molecular flexibility index (Phi) is 5.35. The molecule has 0 aliphatic heterocycles. The normalized spacial score (nSPS) is 12.5. The highest BCUT2D eigenvalue weighted by atomic mass is 32.2. The van der Waals surface area contributed by atoms with E-state index in [0.717, 1.165) is 28.0 Å². The Bertz CT molecular complexity index is 860. The SMILES string of the molecule is C[C@H](C(=O)NNC(=O)c1ccc(-c2ccc(F)cc2)s1)S(C)(=O)=O. The first kappa shape index (κ1) is 18.1. The summed E-state index contributed by atoms with van der Waals surface area (Å²) in [6.07, 6.45) is 0.938. The second kappa shape index (κ2) is 7.10. The summed E-state index contributed by atoms with van der Waals surface area (Å²) < 4.78 is 35.5. The first-order valence-corrected chi connectivity index (χ1v) is 9.60. The Hall–Kier alpha value is -2.26. The number of carbonyl (C=O) groups is 2. The smallest absolute Gasteiger partial charge is 0.272 e. The third-order valence-electron chi connectivity index (χ3n) is 3.27. The summed E-state index contributed by atoms with van der Waals surface area (Å²) in [5.74, 6) is -1.74. The number of benzene rings is 1. The molecule has 1 heterocycles. The van der Waals surface area contributed by atoms with Crippen LogP contribution in [0.4, 0.5) is 4.39 Å². The van der Waals surface area contributed by atoms with Crippen molar-refractivity contribution in [2.24, 2.45) is 0 Å². The Morgan fingerprint density at radius 2 is 1.71 bits per heavy atom. The molecule has 24 heavy (non-hydrogen) atoms. The summed E-state index contributed by atoms with van der Waals surface area (Å²) in [5, 5.41) is -1.27. The summed E-state index contributed by atoms with van der Waals surface area (Å²) >= 11 is 1.16. The zero-order valence-electron chi connectivity index (χ0n) is 12.9. The maximum Gasteiger partial charge on any atom is 0.279 e. The van der Waals surface area contributed by atoms with Crippen LogP contribution in [0.25, 0.3) is 10.4 Å². The van der Waals surface area contributed by atoms with Gasteiger partial charge in [0.05, 0.1) is 4.88 Å². The fourth-order valence-corrected chi connectivity index (χ4v) is 3.06. The van der Waals surface area contributed by atoms with E-state index in [9.17, 15) is 22.4 Å². The van der Waals surface area contributed by atoms with Crippen LogP contribution in [0.5, 0.6) is 0 Å². The maximum absolute atomic E-state index is 12.9. The van der Waals surface area contributed by atoms with Crippen molar-refractivity contribution < 1.29 is 22.4 Å². The third-order valence-corrected chi connectivity index (χ3v) is 5.90. The lowest BCUT2D eigenvalue weighted by atomic mass is 10.2. The molecular weight excluding hydrogens is 355 g/mol. The summed E-state index contributed by atoms with van der Waals surface area (Å²) in [4.78, 5) is 24.7. The fourth-order valence-electron chi connectivity index (χ4n) is 1.71. The van der Waals surface area contributed by atoms with Crippen LogP contribution in [-0.2, 0) is 14.6 Å². The molecule has 2 rings (SSSR count). The number of hydrazine groups is 1. The molecule has 0 spiro atoms. The van der Waals surface area contributed by atoms with Crippen molar-refractivity contribution in [3.05, 3.63) is 47.1 Å². The third kappa shape index (κ3) is 4.39. The highest BCUT2D eigenvalue weighted by Crippen LogP contribution is 2.28. The second-order valence-corrected chi connectivity index (χ2v) is 8.54. The summed E-state index contributed by atoms with van der Waals surface area (Å²) in [5.41, 5.74) is 5.02. The number of halogens is 1. The summed E-state index contributed by atoms with van der Waals surface area (Å²) in [7, 11) is -3.54. The molecule has 0 unspecified atom stereocenters. The number of hydrogen-bond acceptors (Lipinski definition) is 5. The lowest BCUT2D eigenvalue weighted by Crippen LogP contribution is -2.47. The van der Waals surface area contributed by atoms with Crippen molar-refractivity contribution in [3.8, 4) is 10.4 Å². The summed E-state index contributed by atoms with van der Waals surface area (Å²) in [6.45, 7) is 1.23. The average Bonchev–Trinajstić information content (AvgIpc) is 3.01. The highest BCUT2D eigenvalue weighted by molar-refractivity contribution is 7.92. The van der Waals surface area contributed by atoms with Crippen LogP contribution in [0, 0.1) is 5.82 Å². The van der Waals surface area contributed by atoms with Gasteiger partial charge in [-0.3, -0.25) is 20.4 Å². The predicted molar refractivity (Wildman–Crippen MR) is 89.6 cm³/mol. The molecule has 128 valence electrons. The van der Waals surface area contributed by atoms with Gasteiger partial charge in [0.2, 0.25) is 0 Å². The highest BCUT2D eigenvalue weighted by Gasteiger charge is 2.24. The van der Waals surface area contributed by atoms with Gasteiger partial charge in [-0.1, -0.05) is 12.1 Å². The maximum atomic E-state index is 12.9. The Labute approximate surface area is 142 Å². The molecule has 0 fully saturated rings. The van der Waals surface area contributed by atoms with Crippen LogP contribution >= 0.6 is 11.3 Å².